The normalized spacial score (nSPS) is 11.8. The second-order valence-electron chi connectivity index (χ2n) is 5.72. The van der Waals surface area contributed by atoms with E-state index in [2.05, 4.69) is 0 Å². The number of hydrogen-bond donors (Lipinski definition) is 1. The average Bonchev–Trinajstić information content (AvgIpc) is 2.68. The average molecular weight is 334 g/mol. The molecule has 1 atom stereocenters. The monoisotopic (exact) mass is 334 g/mol. The van der Waals surface area contributed by atoms with E-state index in [-0.39, 0.29) is 0 Å². The minimum absolute atomic E-state index is 0.466. The van der Waals surface area contributed by atoms with Crippen molar-refractivity contribution in [2.24, 2.45) is 0 Å². The van der Waals surface area contributed by atoms with Crippen molar-refractivity contribution >= 4 is 0 Å². The van der Waals surface area contributed by atoms with Crippen molar-refractivity contribution in [2.75, 3.05) is 6.61 Å². The molecule has 0 spiro atoms. The SMILES string of the molecule is CCOc1ccc(C(O)c2ccccc2OCc2ccccc2)cc1. The Morgan fingerprint density at radius 1 is 0.800 bits per heavy atom. The van der Waals surface area contributed by atoms with Gasteiger partial charge in [0.25, 0.3) is 0 Å². The van der Waals surface area contributed by atoms with Crippen molar-refractivity contribution in [2.45, 2.75) is 19.6 Å². The van der Waals surface area contributed by atoms with Crippen molar-refractivity contribution in [3.05, 3.63) is 95.6 Å². The van der Waals surface area contributed by atoms with E-state index < -0.39 is 6.10 Å². The van der Waals surface area contributed by atoms with E-state index in [1.54, 1.807) is 0 Å². The van der Waals surface area contributed by atoms with Crippen LogP contribution in [0.3, 0.4) is 0 Å². The molecule has 3 aromatic rings. The summed E-state index contributed by atoms with van der Waals surface area (Å²) in [5.41, 5.74) is 2.65. The predicted octanol–water partition coefficient (Wildman–Crippen LogP) is 4.75. The molecular formula is C22H22O3. The summed E-state index contributed by atoms with van der Waals surface area (Å²) in [6, 6.07) is 25.1. The zero-order valence-electron chi connectivity index (χ0n) is 14.3. The van der Waals surface area contributed by atoms with E-state index in [0.29, 0.717) is 19.0 Å². The Hall–Kier alpha value is -2.78. The second-order valence-corrected chi connectivity index (χ2v) is 5.72. The fourth-order valence-corrected chi connectivity index (χ4v) is 2.67. The standard InChI is InChI=1S/C22H22O3/c1-2-24-19-14-12-18(13-15-19)22(23)20-10-6-7-11-21(20)25-16-17-8-4-3-5-9-17/h3-15,22-23H,2,16H2,1H3. The number of para-hydroxylation sites is 1. The van der Waals surface area contributed by atoms with E-state index in [0.717, 1.165) is 22.4 Å². The Morgan fingerprint density at radius 2 is 1.48 bits per heavy atom. The maximum Gasteiger partial charge on any atom is 0.125 e. The fraction of sp³-hybridized carbons (Fsp3) is 0.182. The molecule has 1 N–H and O–H groups in total. The molecule has 3 nitrogen and oxygen atoms in total. The van der Waals surface area contributed by atoms with Gasteiger partial charge in [-0.3, -0.25) is 0 Å². The molecule has 0 aliphatic rings. The van der Waals surface area contributed by atoms with Gasteiger partial charge in [0.15, 0.2) is 0 Å². The molecule has 0 radical (unpaired) electrons. The summed E-state index contributed by atoms with van der Waals surface area (Å²) in [6.45, 7) is 3.04. The topological polar surface area (TPSA) is 38.7 Å². The molecule has 128 valence electrons. The van der Waals surface area contributed by atoms with Crippen LogP contribution in [0.2, 0.25) is 0 Å². The molecule has 0 saturated carbocycles. The highest BCUT2D eigenvalue weighted by Gasteiger charge is 2.15. The first-order valence-corrected chi connectivity index (χ1v) is 8.44. The highest BCUT2D eigenvalue weighted by molar-refractivity contribution is 5.41. The largest absolute Gasteiger partial charge is 0.494 e. The first-order valence-electron chi connectivity index (χ1n) is 8.44. The maximum atomic E-state index is 10.8. The van der Waals surface area contributed by atoms with Crippen molar-refractivity contribution in [1.29, 1.82) is 0 Å². The van der Waals surface area contributed by atoms with Gasteiger partial charge in [-0.1, -0.05) is 60.7 Å². The summed E-state index contributed by atoms with van der Waals surface area (Å²) in [4.78, 5) is 0. The van der Waals surface area contributed by atoms with Gasteiger partial charge in [0, 0.05) is 5.56 Å². The van der Waals surface area contributed by atoms with Crippen LogP contribution in [0.15, 0.2) is 78.9 Å². The van der Waals surface area contributed by atoms with Crippen molar-refractivity contribution in [3.8, 4) is 11.5 Å². The van der Waals surface area contributed by atoms with Gasteiger partial charge in [0.05, 0.1) is 6.61 Å². The molecule has 0 bridgehead atoms. The Labute approximate surface area is 148 Å². The zero-order valence-corrected chi connectivity index (χ0v) is 14.3. The van der Waals surface area contributed by atoms with Gasteiger partial charge in [-0.15, -0.1) is 0 Å². The third kappa shape index (κ3) is 4.40. The van der Waals surface area contributed by atoms with Crippen LogP contribution in [0.25, 0.3) is 0 Å². The van der Waals surface area contributed by atoms with Crippen molar-refractivity contribution < 1.29 is 14.6 Å². The summed E-state index contributed by atoms with van der Waals surface area (Å²) >= 11 is 0. The summed E-state index contributed by atoms with van der Waals surface area (Å²) in [6.07, 6.45) is -0.748. The van der Waals surface area contributed by atoms with E-state index in [9.17, 15) is 5.11 Å². The van der Waals surface area contributed by atoms with E-state index >= 15 is 0 Å². The quantitative estimate of drug-likeness (QED) is 0.678. The maximum absolute atomic E-state index is 10.8. The van der Waals surface area contributed by atoms with E-state index in [1.165, 1.54) is 0 Å². The van der Waals surface area contributed by atoms with E-state index in [4.69, 9.17) is 9.47 Å². The van der Waals surface area contributed by atoms with Crippen LogP contribution in [0.5, 0.6) is 11.5 Å². The fourth-order valence-electron chi connectivity index (χ4n) is 2.67. The smallest absolute Gasteiger partial charge is 0.125 e. The molecule has 0 fully saturated rings. The van der Waals surface area contributed by atoms with Crippen LogP contribution >= 0.6 is 0 Å². The van der Waals surface area contributed by atoms with Crippen LogP contribution in [-0.2, 0) is 6.61 Å². The number of aliphatic hydroxyl groups excluding tert-OH is 1. The predicted molar refractivity (Wildman–Crippen MR) is 98.9 cm³/mol. The van der Waals surface area contributed by atoms with Gasteiger partial charge in [0.1, 0.15) is 24.2 Å². The summed E-state index contributed by atoms with van der Waals surface area (Å²) in [5, 5.41) is 10.8. The lowest BCUT2D eigenvalue weighted by molar-refractivity contribution is 0.209. The number of aliphatic hydroxyl groups is 1. The molecule has 3 aromatic carbocycles. The Kier molecular flexibility index (Phi) is 5.70. The van der Waals surface area contributed by atoms with Crippen molar-refractivity contribution in [3.63, 3.8) is 0 Å². The van der Waals surface area contributed by atoms with E-state index in [1.807, 2.05) is 85.8 Å². The summed E-state index contributed by atoms with van der Waals surface area (Å²) < 4.78 is 11.4. The van der Waals surface area contributed by atoms with Crippen LogP contribution < -0.4 is 9.47 Å². The van der Waals surface area contributed by atoms with Crippen molar-refractivity contribution in [1.82, 2.24) is 0 Å². The highest BCUT2D eigenvalue weighted by atomic mass is 16.5. The highest BCUT2D eigenvalue weighted by Crippen LogP contribution is 2.31. The van der Waals surface area contributed by atoms with Gasteiger partial charge < -0.3 is 14.6 Å². The molecule has 0 aliphatic heterocycles. The summed E-state index contributed by atoms with van der Waals surface area (Å²) in [5.74, 6) is 1.49. The van der Waals surface area contributed by atoms with Crippen LogP contribution in [-0.4, -0.2) is 11.7 Å². The Balaban J connectivity index is 1.77. The summed E-state index contributed by atoms with van der Waals surface area (Å²) in [7, 11) is 0. The molecular weight excluding hydrogens is 312 g/mol. The first kappa shape index (κ1) is 17.1. The molecule has 0 heterocycles. The second kappa shape index (κ2) is 8.36. The first-order chi connectivity index (χ1) is 12.3. The van der Waals surface area contributed by atoms with Gasteiger partial charge in [-0.2, -0.15) is 0 Å². The number of hydrogen-bond acceptors (Lipinski definition) is 3. The zero-order chi connectivity index (χ0) is 17.5. The molecule has 0 amide bonds. The van der Waals surface area contributed by atoms with Gasteiger partial charge in [-0.25, -0.2) is 0 Å². The third-order valence-electron chi connectivity index (χ3n) is 3.96. The molecule has 3 heteroatoms. The van der Waals surface area contributed by atoms with Gasteiger partial charge >= 0.3 is 0 Å². The third-order valence-corrected chi connectivity index (χ3v) is 3.96. The van der Waals surface area contributed by atoms with Crippen LogP contribution in [0, 0.1) is 0 Å². The minimum Gasteiger partial charge on any atom is -0.494 e. The Bertz CT molecular complexity index is 782. The number of ether oxygens (including phenoxy) is 2. The van der Waals surface area contributed by atoms with Gasteiger partial charge in [-0.05, 0) is 36.2 Å². The Morgan fingerprint density at radius 3 is 2.20 bits per heavy atom. The van der Waals surface area contributed by atoms with Crippen LogP contribution in [0.4, 0.5) is 0 Å². The molecule has 25 heavy (non-hydrogen) atoms. The minimum atomic E-state index is -0.748. The van der Waals surface area contributed by atoms with Gasteiger partial charge in [0.2, 0.25) is 0 Å². The molecule has 3 rings (SSSR count). The lowest BCUT2D eigenvalue weighted by Gasteiger charge is -2.17. The molecule has 1 unspecified atom stereocenters. The molecule has 0 aliphatic carbocycles. The van der Waals surface area contributed by atoms with Crippen LogP contribution in [0.1, 0.15) is 29.7 Å². The lowest BCUT2D eigenvalue weighted by Crippen LogP contribution is -2.04. The number of rotatable bonds is 7. The molecule has 0 saturated heterocycles. The number of benzene rings is 3. The lowest BCUT2D eigenvalue weighted by atomic mass is 10.0. The molecule has 0 aromatic heterocycles.